The Hall–Kier alpha value is -2.54. The maximum atomic E-state index is 12.2. The lowest BCUT2D eigenvalue weighted by molar-refractivity contribution is -0.142. The van der Waals surface area contributed by atoms with E-state index in [0.717, 1.165) is 0 Å². The molecule has 140 valence electrons. The number of amides is 2. The van der Waals surface area contributed by atoms with Crippen molar-refractivity contribution in [1.29, 1.82) is 0 Å². The van der Waals surface area contributed by atoms with Gasteiger partial charge in [0.05, 0.1) is 12.1 Å². The number of carboxylic acids is 1. The molecule has 3 N–H and O–H groups in total. The average molecular weight is 381 g/mol. The highest BCUT2D eigenvalue weighted by Gasteiger charge is 2.22. The summed E-state index contributed by atoms with van der Waals surface area (Å²) in [5.74, 6) is -1.38. The van der Waals surface area contributed by atoms with Crippen LogP contribution in [-0.4, -0.2) is 42.1 Å². The molecule has 0 radical (unpaired) electrons. The van der Waals surface area contributed by atoms with Crippen LogP contribution in [0.5, 0.6) is 5.75 Å². The number of halogens is 1. The Kier molecular flexibility index (Phi) is 6.63. The van der Waals surface area contributed by atoms with Gasteiger partial charge >= 0.3 is 5.97 Å². The van der Waals surface area contributed by atoms with E-state index in [1.54, 1.807) is 24.3 Å². The highest BCUT2D eigenvalue weighted by Crippen LogP contribution is 2.28. The molecule has 1 aromatic carbocycles. The Morgan fingerprint density at radius 3 is 2.69 bits per heavy atom. The average Bonchev–Trinajstić information content (AvgIpc) is 2.57. The first-order valence-corrected chi connectivity index (χ1v) is 8.57. The summed E-state index contributed by atoms with van der Waals surface area (Å²) in [5, 5.41) is 14.5. The van der Waals surface area contributed by atoms with E-state index in [1.165, 1.54) is 0 Å². The largest absolute Gasteiger partial charge is 0.488 e. The van der Waals surface area contributed by atoms with Crippen LogP contribution in [0.15, 0.2) is 23.8 Å². The number of hydrogen-bond acceptors (Lipinski definition) is 4. The summed E-state index contributed by atoms with van der Waals surface area (Å²) in [6, 6.07) is 4.11. The molecule has 1 heterocycles. The quantitative estimate of drug-likeness (QED) is 0.669. The van der Waals surface area contributed by atoms with Crippen molar-refractivity contribution in [1.82, 2.24) is 10.6 Å². The number of aliphatic carboxylic acids is 1. The second-order valence-electron chi connectivity index (χ2n) is 6.41. The molecule has 0 saturated carbocycles. The van der Waals surface area contributed by atoms with E-state index < -0.39 is 23.8 Å². The van der Waals surface area contributed by atoms with E-state index in [4.69, 9.17) is 21.4 Å². The summed E-state index contributed by atoms with van der Waals surface area (Å²) in [6.45, 7) is 3.49. The molecule has 2 amide bonds. The molecule has 0 aromatic heterocycles. The van der Waals surface area contributed by atoms with E-state index in [2.05, 4.69) is 10.6 Å². The van der Waals surface area contributed by atoms with Gasteiger partial charge in [-0.25, -0.2) is 4.79 Å². The molecule has 1 atom stereocenters. The van der Waals surface area contributed by atoms with Crippen LogP contribution in [0.4, 0.5) is 0 Å². The third kappa shape index (κ3) is 5.49. The van der Waals surface area contributed by atoms with Crippen LogP contribution in [0.3, 0.4) is 0 Å². The molecule has 0 aliphatic carbocycles. The van der Waals surface area contributed by atoms with E-state index in [9.17, 15) is 14.4 Å². The number of benzene rings is 1. The molecule has 0 bridgehead atoms. The third-order valence-corrected chi connectivity index (χ3v) is 3.96. The van der Waals surface area contributed by atoms with E-state index in [1.807, 2.05) is 13.8 Å². The maximum absolute atomic E-state index is 12.2. The molecule has 2 rings (SSSR count). The van der Waals surface area contributed by atoms with Crippen molar-refractivity contribution >= 4 is 35.5 Å². The molecule has 0 saturated heterocycles. The molecule has 0 fully saturated rings. The lowest BCUT2D eigenvalue weighted by Gasteiger charge is -2.19. The predicted molar refractivity (Wildman–Crippen MR) is 97.0 cm³/mol. The number of hydrogen-bond donors (Lipinski definition) is 3. The summed E-state index contributed by atoms with van der Waals surface area (Å²) < 4.78 is 5.49. The van der Waals surface area contributed by atoms with Crippen LogP contribution < -0.4 is 15.4 Å². The number of carbonyl (C=O) groups excluding carboxylic acids is 2. The SMILES string of the molecule is CC(C)C[C@H](NC(=O)CNC(=O)C1=Cc2cc(Cl)ccc2OC1)C(=O)O. The molecule has 8 heteroatoms. The summed E-state index contributed by atoms with van der Waals surface area (Å²) in [6.07, 6.45) is 1.96. The molecule has 26 heavy (non-hydrogen) atoms. The zero-order valence-corrected chi connectivity index (χ0v) is 15.3. The van der Waals surface area contributed by atoms with E-state index >= 15 is 0 Å². The minimum Gasteiger partial charge on any atom is -0.488 e. The lowest BCUT2D eigenvalue weighted by Crippen LogP contribution is -2.46. The van der Waals surface area contributed by atoms with Gasteiger partial charge in [0.15, 0.2) is 0 Å². The monoisotopic (exact) mass is 380 g/mol. The van der Waals surface area contributed by atoms with Gasteiger partial charge in [-0.2, -0.15) is 0 Å². The molecular formula is C18H21ClN2O5. The lowest BCUT2D eigenvalue weighted by atomic mass is 10.0. The van der Waals surface area contributed by atoms with Gasteiger partial charge in [0, 0.05) is 10.6 Å². The van der Waals surface area contributed by atoms with Gasteiger partial charge in [0.1, 0.15) is 18.4 Å². The fraction of sp³-hybridized carbons (Fsp3) is 0.389. The van der Waals surface area contributed by atoms with Gasteiger partial charge in [-0.05, 0) is 36.6 Å². The predicted octanol–water partition coefficient (Wildman–Crippen LogP) is 1.85. The van der Waals surface area contributed by atoms with Crippen LogP contribution >= 0.6 is 11.6 Å². The van der Waals surface area contributed by atoms with Crippen molar-refractivity contribution in [3.8, 4) is 5.75 Å². The fourth-order valence-corrected chi connectivity index (χ4v) is 2.67. The van der Waals surface area contributed by atoms with Crippen molar-refractivity contribution in [2.75, 3.05) is 13.2 Å². The van der Waals surface area contributed by atoms with Crippen molar-refractivity contribution in [2.24, 2.45) is 5.92 Å². The van der Waals surface area contributed by atoms with E-state index in [-0.39, 0.29) is 19.1 Å². The van der Waals surface area contributed by atoms with Crippen LogP contribution in [0.1, 0.15) is 25.8 Å². The van der Waals surface area contributed by atoms with Gasteiger partial charge < -0.3 is 20.5 Å². The Balaban J connectivity index is 1.92. The standard InChI is InChI=1S/C18H21ClN2O5/c1-10(2)5-14(18(24)25)21-16(22)8-20-17(23)12-6-11-7-13(19)3-4-15(11)26-9-12/h3-4,6-7,10,14H,5,8-9H2,1-2H3,(H,20,23)(H,21,22)(H,24,25)/t14-/m0/s1. The molecule has 1 aliphatic heterocycles. The molecular weight excluding hydrogens is 360 g/mol. The topological polar surface area (TPSA) is 105 Å². The Morgan fingerprint density at radius 2 is 2.04 bits per heavy atom. The second kappa shape index (κ2) is 8.71. The number of fused-ring (bicyclic) bond motifs is 1. The first-order chi connectivity index (χ1) is 12.3. The highest BCUT2D eigenvalue weighted by atomic mass is 35.5. The number of carboxylic acid groups (broad SMARTS) is 1. The van der Waals surface area contributed by atoms with Crippen LogP contribution in [0.25, 0.3) is 6.08 Å². The normalized spacial score (nSPS) is 13.9. The highest BCUT2D eigenvalue weighted by molar-refractivity contribution is 6.30. The summed E-state index contributed by atoms with van der Waals surface area (Å²) >= 11 is 5.93. The summed E-state index contributed by atoms with van der Waals surface area (Å²) in [5.41, 5.74) is 1.03. The van der Waals surface area contributed by atoms with Gasteiger partial charge in [0.25, 0.3) is 5.91 Å². The molecule has 7 nitrogen and oxygen atoms in total. The molecule has 0 spiro atoms. The minimum atomic E-state index is -1.10. The first kappa shape index (κ1) is 19.8. The van der Waals surface area contributed by atoms with E-state index in [0.29, 0.717) is 28.3 Å². The number of carbonyl (C=O) groups is 3. The first-order valence-electron chi connectivity index (χ1n) is 8.19. The fourth-order valence-electron chi connectivity index (χ4n) is 2.49. The Bertz CT molecular complexity index is 745. The number of ether oxygens (including phenoxy) is 1. The van der Waals surface area contributed by atoms with Crippen LogP contribution in [0.2, 0.25) is 5.02 Å². The van der Waals surface area contributed by atoms with Crippen molar-refractivity contribution < 1.29 is 24.2 Å². The Labute approximate surface area is 156 Å². The van der Waals surface area contributed by atoms with Crippen LogP contribution in [0, 0.1) is 5.92 Å². The zero-order chi connectivity index (χ0) is 19.3. The molecule has 1 aliphatic rings. The zero-order valence-electron chi connectivity index (χ0n) is 14.5. The summed E-state index contributed by atoms with van der Waals surface area (Å²) in [7, 11) is 0. The van der Waals surface area contributed by atoms with Crippen molar-refractivity contribution in [2.45, 2.75) is 26.3 Å². The maximum Gasteiger partial charge on any atom is 0.326 e. The van der Waals surface area contributed by atoms with Gasteiger partial charge in [0.2, 0.25) is 5.91 Å². The van der Waals surface area contributed by atoms with Gasteiger partial charge in [-0.3, -0.25) is 9.59 Å². The Morgan fingerprint density at radius 1 is 1.31 bits per heavy atom. The smallest absolute Gasteiger partial charge is 0.326 e. The van der Waals surface area contributed by atoms with Gasteiger partial charge in [-0.1, -0.05) is 25.4 Å². The summed E-state index contributed by atoms with van der Waals surface area (Å²) in [4.78, 5) is 35.3. The van der Waals surface area contributed by atoms with Crippen molar-refractivity contribution in [3.63, 3.8) is 0 Å². The second-order valence-corrected chi connectivity index (χ2v) is 6.85. The number of rotatable bonds is 7. The number of nitrogens with one attached hydrogen (secondary N) is 2. The molecule has 1 aromatic rings. The molecule has 0 unspecified atom stereocenters. The third-order valence-electron chi connectivity index (χ3n) is 3.73. The van der Waals surface area contributed by atoms with Crippen molar-refractivity contribution in [3.05, 3.63) is 34.4 Å². The van der Waals surface area contributed by atoms with Crippen LogP contribution in [-0.2, 0) is 14.4 Å². The van der Waals surface area contributed by atoms with Gasteiger partial charge in [-0.15, -0.1) is 0 Å². The minimum absolute atomic E-state index is 0.0766.